The van der Waals surface area contributed by atoms with Crippen molar-refractivity contribution in [3.8, 4) is 5.75 Å². The van der Waals surface area contributed by atoms with Gasteiger partial charge in [0, 0.05) is 34.9 Å². The Morgan fingerprint density at radius 1 is 1.10 bits per heavy atom. The van der Waals surface area contributed by atoms with Crippen LogP contribution in [0.2, 0.25) is 10.0 Å². The van der Waals surface area contributed by atoms with Crippen LogP contribution in [0.15, 0.2) is 54.2 Å². The molecule has 0 saturated carbocycles. The van der Waals surface area contributed by atoms with Gasteiger partial charge in [-0.3, -0.25) is 4.79 Å². The number of fused-ring (bicyclic) bond motifs is 1. The first-order valence-electron chi connectivity index (χ1n) is 9.02. The number of benzene rings is 2. The molecule has 1 aliphatic rings. The summed E-state index contributed by atoms with van der Waals surface area (Å²) in [5.41, 5.74) is 2.73. The fourth-order valence-electron chi connectivity index (χ4n) is 3.38. The van der Waals surface area contributed by atoms with Gasteiger partial charge in [0.2, 0.25) is 0 Å². The molecule has 0 bridgehead atoms. The maximum absolute atomic E-state index is 12.4. The van der Waals surface area contributed by atoms with Gasteiger partial charge in [-0.05, 0) is 29.8 Å². The number of para-hydroxylation sites is 1. The van der Waals surface area contributed by atoms with E-state index in [9.17, 15) is 9.59 Å². The number of nitrogens with zero attached hydrogens (tertiary/aromatic N) is 1. The van der Waals surface area contributed by atoms with Crippen molar-refractivity contribution in [3.05, 3.63) is 69.8 Å². The van der Waals surface area contributed by atoms with E-state index in [0.29, 0.717) is 10.8 Å². The molecule has 5 nitrogen and oxygen atoms in total. The number of hydrogen-bond donors (Lipinski definition) is 0. The summed E-state index contributed by atoms with van der Waals surface area (Å²) in [5, 5.41) is 0.752. The zero-order valence-electron chi connectivity index (χ0n) is 16.4. The Balaban J connectivity index is 1.58. The second kappa shape index (κ2) is 8.47. The molecule has 152 valence electrons. The summed E-state index contributed by atoms with van der Waals surface area (Å²) in [6.07, 6.45) is 1.53. The summed E-state index contributed by atoms with van der Waals surface area (Å²) in [6.45, 7) is 3.40. The molecule has 0 saturated heterocycles. The van der Waals surface area contributed by atoms with E-state index in [1.807, 2.05) is 30.1 Å². The highest BCUT2D eigenvalue weighted by Crippen LogP contribution is 2.46. The highest BCUT2D eigenvalue weighted by Gasteiger charge is 2.38. The molecule has 29 heavy (non-hydrogen) atoms. The molecule has 1 heterocycles. The number of anilines is 1. The van der Waals surface area contributed by atoms with Gasteiger partial charge in [-0.2, -0.15) is 0 Å². The summed E-state index contributed by atoms with van der Waals surface area (Å²) < 4.78 is 10.3. The normalized spacial score (nSPS) is 15.9. The highest BCUT2D eigenvalue weighted by molar-refractivity contribution is 6.35. The van der Waals surface area contributed by atoms with Crippen LogP contribution in [0.5, 0.6) is 5.75 Å². The quantitative estimate of drug-likeness (QED) is 0.483. The molecule has 0 aliphatic carbocycles. The van der Waals surface area contributed by atoms with Crippen molar-refractivity contribution in [2.75, 3.05) is 25.2 Å². The van der Waals surface area contributed by atoms with E-state index in [1.54, 1.807) is 12.1 Å². The molecular formula is C22H21Cl2NO4. The monoisotopic (exact) mass is 433 g/mol. The summed E-state index contributed by atoms with van der Waals surface area (Å²) in [5.74, 6) is -0.649. The molecule has 0 atom stereocenters. The van der Waals surface area contributed by atoms with E-state index in [0.717, 1.165) is 16.9 Å². The Labute approximate surface area is 179 Å². The summed E-state index contributed by atoms with van der Waals surface area (Å²) >= 11 is 11.8. The molecule has 0 spiro atoms. The topological polar surface area (TPSA) is 55.8 Å². The van der Waals surface area contributed by atoms with Gasteiger partial charge in [-0.25, -0.2) is 4.79 Å². The molecule has 0 fully saturated rings. The minimum atomic E-state index is -0.662. The lowest BCUT2D eigenvalue weighted by Crippen LogP contribution is -2.25. The number of likely N-dealkylation sites (N-methyl/N-ethyl adjacent to an activating group) is 1. The van der Waals surface area contributed by atoms with E-state index in [-0.39, 0.29) is 29.4 Å². The predicted octanol–water partition coefficient (Wildman–Crippen LogP) is 4.80. The molecule has 0 radical (unpaired) electrons. The van der Waals surface area contributed by atoms with Crippen LogP contribution in [-0.2, 0) is 19.7 Å². The average molecular weight is 434 g/mol. The Hall–Kier alpha value is -2.50. The van der Waals surface area contributed by atoms with E-state index < -0.39 is 5.97 Å². The molecule has 3 rings (SSSR count). The van der Waals surface area contributed by atoms with Crippen LogP contribution >= 0.6 is 23.2 Å². The van der Waals surface area contributed by atoms with Crippen molar-refractivity contribution in [1.82, 2.24) is 0 Å². The number of ether oxygens (including phenoxy) is 2. The third-order valence-electron chi connectivity index (χ3n) is 4.85. The largest absolute Gasteiger partial charge is 0.480 e. The number of halogens is 2. The zero-order chi connectivity index (χ0) is 21.2. The minimum absolute atomic E-state index is 0.289. The van der Waals surface area contributed by atoms with E-state index >= 15 is 0 Å². The molecule has 7 heteroatoms. The summed E-state index contributed by atoms with van der Waals surface area (Å²) in [6, 6.07) is 12.7. The smallest absolute Gasteiger partial charge is 0.344 e. The fourth-order valence-corrected chi connectivity index (χ4v) is 3.84. The van der Waals surface area contributed by atoms with Crippen molar-refractivity contribution in [3.63, 3.8) is 0 Å². The molecule has 0 amide bonds. The van der Waals surface area contributed by atoms with Crippen LogP contribution in [0.4, 0.5) is 5.69 Å². The van der Waals surface area contributed by atoms with Gasteiger partial charge in [0.1, 0.15) is 5.75 Å². The highest BCUT2D eigenvalue weighted by atomic mass is 35.5. The first kappa shape index (κ1) is 21.2. The van der Waals surface area contributed by atoms with Crippen molar-refractivity contribution < 1.29 is 19.1 Å². The molecule has 0 unspecified atom stereocenters. The van der Waals surface area contributed by atoms with Gasteiger partial charge in [0.15, 0.2) is 19.0 Å². The van der Waals surface area contributed by atoms with E-state index in [1.165, 1.54) is 12.1 Å². The molecule has 0 aromatic heterocycles. The lowest BCUT2D eigenvalue weighted by atomic mass is 9.83. The van der Waals surface area contributed by atoms with Crippen LogP contribution in [0.1, 0.15) is 19.4 Å². The maximum Gasteiger partial charge on any atom is 0.344 e. The minimum Gasteiger partial charge on any atom is -0.480 e. The third-order valence-corrected chi connectivity index (χ3v) is 5.38. The Kier molecular flexibility index (Phi) is 6.20. The number of esters is 1. The van der Waals surface area contributed by atoms with Gasteiger partial charge in [0.25, 0.3) is 0 Å². The molecule has 0 N–H and O–H groups in total. The molecular weight excluding hydrogens is 413 g/mol. The number of ketones is 1. The van der Waals surface area contributed by atoms with Gasteiger partial charge in [-0.1, -0.05) is 55.2 Å². The van der Waals surface area contributed by atoms with Crippen LogP contribution in [0.3, 0.4) is 0 Å². The number of rotatable bonds is 6. The van der Waals surface area contributed by atoms with Crippen molar-refractivity contribution in [2.24, 2.45) is 0 Å². The van der Waals surface area contributed by atoms with Crippen LogP contribution < -0.4 is 9.64 Å². The Bertz CT molecular complexity index is 985. The third kappa shape index (κ3) is 4.57. The van der Waals surface area contributed by atoms with Gasteiger partial charge in [-0.15, -0.1) is 0 Å². The fraction of sp³-hybridized carbons (Fsp3) is 0.273. The number of allylic oxidation sites excluding steroid dienone is 1. The van der Waals surface area contributed by atoms with E-state index in [2.05, 4.69) is 19.9 Å². The van der Waals surface area contributed by atoms with Gasteiger partial charge < -0.3 is 14.4 Å². The van der Waals surface area contributed by atoms with Gasteiger partial charge in [0.05, 0.1) is 5.02 Å². The first-order chi connectivity index (χ1) is 13.7. The van der Waals surface area contributed by atoms with Crippen molar-refractivity contribution in [2.45, 2.75) is 19.3 Å². The van der Waals surface area contributed by atoms with Crippen LogP contribution in [0, 0.1) is 0 Å². The number of hydrogen-bond acceptors (Lipinski definition) is 5. The van der Waals surface area contributed by atoms with E-state index in [4.69, 9.17) is 32.7 Å². The first-order valence-corrected chi connectivity index (χ1v) is 9.77. The standard InChI is InChI=1S/C22H21Cl2NO4/c1-22(2)16-6-4-5-7-18(16)25(3)20(22)11-15(26)12-29-21(27)13-28-19-9-8-14(23)10-17(19)24/h4-11H,12-13H2,1-3H3. The average Bonchev–Trinajstić information content (AvgIpc) is 2.87. The van der Waals surface area contributed by atoms with Crippen molar-refractivity contribution in [1.29, 1.82) is 0 Å². The Morgan fingerprint density at radius 3 is 2.52 bits per heavy atom. The molecule has 2 aromatic rings. The second-order valence-corrected chi connectivity index (χ2v) is 8.06. The molecule has 2 aromatic carbocycles. The number of carbonyl (C=O) groups is 2. The lowest BCUT2D eigenvalue weighted by molar-refractivity contribution is -0.148. The van der Waals surface area contributed by atoms with Crippen molar-refractivity contribution >= 4 is 40.6 Å². The zero-order valence-corrected chi connectivity index (χ0v) is 17.9. The maximum atomic E-state index is 12.4. The van der Waals surface area contributed by atoms with Gasteiger partial charge >= 0.3 is 5.97 Å². The predicted molar refractivity (Wildman–Crippen MR) is 114 cm³/mol. The Morgan fingerprint density at radius 2 is 1.83 bits per heavy atom. The second-order valence-electron chi connectivity index (χ2n) is 7.22. The lowest BCUT2D eigenvalue weighted by Gasteiger charge is -2.23. The van der Waals surface area contributed by atoms with Crippen LogP contribution in [0.25, 0.3) is 0 Å². The SMILES string of the molecule is CN1C(=CC(=O)COC(=O)COc2ccc(Cl)cc2Cl)C(C)(C)c2ccccc21. The number of carbonyl (C=O) groups excluding carboxylic acids is 2. The summed E-state index contributed by atoms with van der Waals surface area (Å²) in [7, 11) is 1.92. The van der Waals surface area contributed by atoms with Crippen LogP contribution in [-0.4, -0.2) is 32.0 Å². The summed E-state index contributed by atoms with van der Waals surface area (Å²) in [4.78, 5) is 26.3. The molecule has 1 aliphatic heterocycles.